The number of hydrogen-bond donors (Lipinski definition) is 0. The average molecular weight is 218 g/mol. The number of Topliss-reactive ketones (excluding diaryl/α,β-unsaturated/α-hetero) is 1. The molecule has 0 saturated heterocycles. The van der Waals surface area contributed by atoms with Crippen molar-refractivity contribution in [2.24, 2.45) is 0 Å². The molecular formula is C11H10N2O3. The van der Waals surface area contributed by atoms with E-state index >= 15 is 0 Å². The second kappa shape index (κ2) is 3.77. The van der Waals surface area contributed by atoms with Crippen LogP contribution in [0.5, 0.6) is 0 Å². The molecule has 0 radical (unpaired) electrons. The van der Waals surface area contributed by atoms with Gasteiger partial charge in [0.05, 0.1) is 23.7 Å². The number of rotatable bonds is 2. The van der Waals surface area contributed by atoms with Gasteiger partial charge in [-0.05, 0) is 26.0 Å². The first-order valence-corrected chi connectivity index (χ1v) is 4.75. The molecule has 82 valence electrons. The normalized spacial score (nSPS) is 10.4. The van der Waals surface area contributed by atoms with Crippen molar-refractivity contribution in [2.75, 3.05) is 0 Å². The molecule has 5 nitrogen and oxygen atoms in total. The Labute approximate surface area is 91.7 Å². The number of hydrogen-bond acceptors (Lipinski definition) is 4. The summed E-state index contributed by atoms with van der Waals surface area (Å²) in [6.07, 6.45) is 2.80. The molecule has 2 heterocycles. The standard InChI is InChI=1S/C11H10N2O3/c1-7-9(8(2)14)6-12-13(7)11(15)10-4-3-5-16-10/h3-6H,1-2H3. The largest absolute Gasteiger partial charge is 0.459 e. The maximum Gasteiger partial charge on any atom is 0.314 e. The quantitative estimate of drug-likeness (QED) is 0.719. The Kier molecular flexibility index (Phi) is 2.44. The first-order chi connectivity index (χ1) is 7.61. The van der Waals surface area contributed by atoms with Crippen LogP contribution in [0.4, 0.5) is 0 Å². The third-order valence-electron chi connectivity index (χ3n) is 2.31. The molecule has 16 heavy (non-hydrogen) atoms. The van der Waals surface area contributed by atoms with Crippen LogP contribution < -0.4 is 0 Å². The van der Waals surface area contributed by atoms with E-state index in [1.54, 1.807) is 19.1 Å². The van der Waals surface area contributed by atoms with Crippen molar-refractivity contribution >= 4 is 11.7 Å². The number of ketones is 1. The van der Waals surface area contributed by atoms with Crippen molar-refractivity contribution in [1.82, 2.24) is 9.78 Å². The monoisotopic (exact) mass is 218 g/mol. The molecular weight excluding hydrogens is 208 g/mol. The highest BCUT2D eigenvalue weighted by molar-refractivity contribution is 5.98. The van der Waals surface area contributed by atoms with Crippen LogP contribution >= 0.6 is 0 Å². The van der Waals surface area contributed by atoms with Crippen molar-refractivity contribution in [3.05, 3.63) is 41.6 Å². The van der Waals surface area contributed by atoms with Crippen LogP contribution in [-0.2, 0) is 0 Å². The van der Waals surface area contributed by atoms with E-state index in [0.29, 0.717) is 11.3 Å². The van der Waals surface area contributed by atoms with E-state index in [0.717, 1.165) is 4.68 Å². The van der Waals surface area contributed by atoms with Gasteiger partial charge in [0.25, 0.3) is 0 Å². The summed E-state index contributed by atoms with van der Waals surface area (Å²) in [5.74, 6) is -0.299. The molecule has 0 saturated carbocycles. The Bertz CT molecular complexity index is 538. The summed E-state index contributed by atoms with van der Waals surface area (Å²) < 4.78 is 6.14. The molecule has 0 bridgehead atoms. The zero-order chi connectivity index (χ0) is 11.7. The van der Waals surface area contributed by atoms with Crippen molar-refractivity contribution < 1.29 is 14.0 Å². The Morgan fingerprint density at radius 2 is 2.19 bits per heavy atom. The van der Waals surface area contributed by atoms with Crippen LogP contribution in [0.15, 0.2) is 29.0 Å². The topological polar surface area (TPSA) is 65.1 Å². The fourth-order valence-corrected chi connectivity index (χ4v) is 1.46. The van der Waals surface area contributed by atoms with Crippen molar-refractivity contribution in [3.63, 3.8) is 0 Å². The fourth-order valence-electron chi connectivity index (χ4n) is 1.46. The van der Waals surface area contributed by atoms with E-state index in [9.17, 15) is 9.59 Å². The smallest absolute Gasteiger partial charge is 0.314 e. The van der Waals surface area contributed by atoms with Crippen LogP contribution in [0.1, 0.15) is 33.5 Å². The first kappa shape index (κ1) is 10.4. The van der Waals surface area contributed by atoms with Crippen molar-refractivity contribution in [2.45, 2.75) is 13.8 Å². The molecule has 5 heteroatoms. The lowest BCUT2D eigenvalue weighted by Gasteiger charge is -2.00. The molecule has 0 N–H and O–H groups in total. The maximum atomic E-state index is 11.9. The van der Waals surface area contributed by atoms with E-state index in [-0.39, 0.29) is 17.5 Å². The summed E-state index contributed by atoms with van der Waals surface area (Å²) >= 11 is 0. The summed E-state index contributed by atoms with van der Waals surface area (Å²) in [6, 6.07) is 3.18. The lowest BCUT2D eigenvalue weighted by molar-refractivity contribution is 0.0915. The molecule has 0 aliphatic heterocycles. The molecule has 0 fully saturated rings. The first-order valence-electron chi connectivity index (χ1n) is 4.75. The average Bonchev–Trinajstić information content (AvgIpc) is 2.84. The molecule has 2 aromatic heterocycles. The predicted molar refractivity (Wildman–Crippen MR) is 55.4 cm³/mol. The third kappa shape index (κ3) is 1.56. The van der Waals surface area contributed by atoms with Crippen LogP contribution in [0, 0.1) is 6.92 Å². The molecule has 0 amide bonds. The third-order valence-corrected chi connectivity index (χ3v) is 2.31. The Balaban J connectivity index is 2.43. The lowest BCUT2D eigenvalue weighted by atomic mass is 10.2. The number of carbonyl (C=O) groups is 2. The van der Waals surface area contributed by atoms with E-state index in [2.05, 4.69) is 5.10 Å². The minimum Gasteiger partial charge on any atom is -0.459 e. The van der Waals surface area contributed by atoms with Gasteiger partial charge >= 0.3 is 5.91 Å². The molecule has 2 rings (SSSR count). The van der Waals surface area contributed by atoms with Gasteiger partial charge in [0, 0.05) is 0 Å². The van der Waals surface area contributed by atoms with Gasteiger partial charge in [-0.3, -0.25) is 9.59 Å². The summed E-state index contributed by atoms with van der Waals surface area (Å²) in [4.78, 5) is 23.1. The molecule has 0 aliphatic carbocycles. The van der Waals surface area contributed by atoms with Gasteiger partial charge in [-0.1, -0.05) is 0 Å². The van der Waals surface area contributed by atoms with E-state index < -0.39 is 0 Å². The molecule has 2 aromatic rings. The van der Waals surface area contributed by atoms with Gasteiger partial charge in [0.2, 0.25) is 0 Å². The second-order valence-corrected chi connectivity index (χ2v) is 3.39. The van der Waals surface area contributed by atoms with Gasteiger partial charge < -0.3 is 4.42 Å². The molecule has 0 aliphatic rings. The highest BCUT2D eigenvalue weighted by Gasteiger charge is 2.18. The van der Waals surface area contributed by atoms with Gasteiger partial charge in [-0.25, -0.2) is 0 Å². The van der Waals surface area contributed by atoms with Gasteiger partial charge in [0.15, 0.2) is 11.5 Å². The molecule has 0 unspecified atom stereocenters. The van der Waals surface area contributed by atoms with E-state index in [1.165, 1.54) is 19.4 Å². The summed E-state index contributed by atoms with van der Waals surface area (Å²) in [5, 5.41) is 3.88. The fraction of sp³-hybridized carbons (Fsp3) is 0.182. The SMILES string of the molecule is CC(=O)c1cnn(C(=O)c2ccco2)c1C. The number of carbonyl (C=O) groups excluding carboxylic acids is 2. The Hall–Kier alpha value is -2.17. The van der Waals surface area contributed by atoms with Crippen LogP contribution in [0.25, 0.3) is 0 Å². The van der Waals surface area contributed by atoms with Crippen LogP contribution in [-0.4, -0.2) is 21.5 Å². The van der Waals surface area contributed by atoms with E-state index in [4.69, 9.17) is 4.42 Å². The van der Waals surface area contributed by atoms with Crippen molar-refractivity contribution in [3.8, 4) is 0 Å². The number of nitrogens with zero attached hydrogens (tertiary/aromatic N) is 2. The zero-order valence-corrected chi connectivity index (χ0v) is 8.93. The van der Waals surface area contributed by atoms with E-state index in [1.807, 2.05) is 0 Å². The molecule has 0 aromatic carbocycles. The minimum atomic E-state index is -0.380. The number of aromatic nitrogens is 2. The van der Waals surface area contributed by atoms with Gasteiger partial charge in [-0.2, -0.15) is 9.78 Å². The summed E-state index contributed by atoms with van der Waals surface area (Å²) in [6.45, 7) is 3.11. The van der Waals surface area contributed by atoms with Crippen LogP contribution in [0.3, 0.4) is 0 Å². The summed E-state index contributed by atoms with van der Waals surface area (Å²) in [7, 11) is 0. The number of furan rings is 1. The van der Waals surface area contributed by atoms with Gasteiger partial charge in [0.1, 0.15) is 0 Å². The van der Waals surface area contributed by atoms with Crippen LogP contribution in [0.2, 0.25) is 0 Å². The lowest BCUT2D eigenvalue weighted by Crippen LogP contribution is -2.14. The summed E-state index contributed by atoms with van der Waals surface area (Å²) in [5.41, 5.74) is 0.966. The molecule has 0 spiro atoms. The highest BCUT2D eigenvalue weighted by atomic mass is 16.3. The minimum absolute atomic E-state index is 0.115. The second-order valence-electron chi connectivity index (χ2n) is 3.39. The predicted octanol–water partition coefficient (Wildman–Crippen LogP) is 1.68. The van der Waals surface area contributed by atoms with Crippen molar-refractivity contribution in [1.29, 1.82) is 0 Å². The highest BCUT2D eigenvalue weighted by Crippen LogP contribution is 2.11. The zero-order valence-electron chi connectivity index (χ0n) is 8.93. The Morgan fingerprint density at radius 3 is 2.69 bits per heavy atom. The maximum absolute atomic E-state index is 11.9. The Morgan fingerprint density at radius 1 is 1.44 bits per heavy atom. The molecule has 0 atom stereocenters. The van der Waals surface area contributed by atoms with Gasteiger partial charge in [-0.15, -0.1) is 0 Å².